The second-order valence-electron chi connectivity index (χ2n) is 5.30. The molecule has 0 aliphatic carbocycles. The highest BCUT2D eigenvalue weighted by Gasteiger charge is 2.16. The van der Waals surface area contributed by atoms with Crippen LogP contribution in [0.5, 0.6) is 11.5 Å². The van der Waals surface area contributed by atoms with Crippen LogP contribution in [0.25, 0.3) is 0 Å². The summed E-state index contributed by atoms with van der Waals surface area (Å²) in [6.45, 7) is 11.3. The van der Waals surface area contributed by atoms with Crippen LogP contribution in [-0.2, 0) is 6.54 Å². The van der Waals surface area contributed by atoms with Crippen LogP contribution in [0, 0.1) is 0 Å². The molecule has 0 saturated heterocycles. The SMILES string of the molecule is C=CCOc1c(Cl)cc(CNC(C)(C)CC)cc1OC. The molecule has 0 bridgehead atoms. The second-order valence-corrected chi connectivity index (χ2v) is 5.71. The molecule has 3 nitrogen and oxygen atoms in total. The van der Waals surface area contributed by atoms with Crippen LogP contribution < -0.4 is 14.8 Å². The maximum Gasteiger partial charge on any atom is 0.180 e. The highest BCUT2D eigenvalue weighted by atomic mass is 35.5. The minimum atomic E-state index is 0.0950. The van der Waals surface area contributed by atoms with Crippen molar-refractivity contribution in [1.82, 2.24) is 5.32 Å². The molecule has 0 spiro atoms. The number of hydrogen-bond donors (Lipinski definition) is 1. The Morgan fingerprint density at radius 3 is 2.65 bits per heavy atom. The largest absolute Gasteiger partial charge is 0.493 e. The number of halogens is 1. The van der Waals surface area contributed by atoms with Gasteiger partial charge >= 0.3 is 0 Å². The van der Waals surface area contributed by atoms with Crippen LogP contribution in [-0.4, -0.2) is 19.3 Å². The highest BCUT2D eigenvalue weighted by molar-refractivity contribution is 6.32. The van der Waals surface area contributed by atoms with Gasteiger partial charge in [0.15, 0.2) is 11.5 Å². The van der Waals surface area contributed by atoms with E-state index in [4.69, 9.17) is 21.1 Å². The van der Waals surface area contributed by atoms with E-state index in [1.807, 2.05) is 12.1 Å². The molecule has 0 amide bonds. The molecule has 4 heteroatoms. The van der Waals surface area contributed by atoms with Gasteiger partial charge in [-0.25, -0.2) is 0 Å². The summed E-state index contributed by atoms with van der Waals surface area (Å²) in [6.07, 6.45) is 2.73. The van der Waals surface area contributed by atoms with E-state index in [2.05, 4.69) is 32.7 Å². The Bertz CT molecular complexity index is 458. The van der Waals surface area contributed by atoms with Gasteiger partial charge in [-0.2, -0.15) is 0 Å². The zero-order valence-electron chi connectivity index (χ0n) is 12.8. The summed E-state index contributed by atoms with van der Waals surface area (Å²) < 4.78 is 10.9. The van der Waals surface area contributed by atoms with Gasteiger partial charge in [-0.15, -0.1) is 0 Å². The van der Waals surface area contributed by atoms with Gasteiger partial charge in [0, 0.05) is 12.1 Å². The molecule has 112 valence electrons. The van der Waals surface area contributed by atoms with Crippen molar-refractivity contribution < 1.29 is 9.47 Å². The van der Waals surface area contributed by atoms with Crippen LogP contribution in [0.15, 0.2) is 24.8 Å². The van der Waals surface area contributed by atoms with E-state index < -0.39 is 0 Å². The predicted octanol–water partition coefficient (Wildman–Crippen LogP) is 4.19. The number of methoxy groups -OCH3 is 1. The zero-order chi connectivity index (χ0) is 15.2. The van der Waals surface area contributed by atoms with Crippen molar-refractivity contribution in [3.05, 3.63) is 35.4 Å². The number of benzene rings is 1. The standard InChI is InChI=1S/C16H24ClNO2/c1-6-8-20-15-13(17)9-12(10-14(15)19-5)11-18-16(3,4)7-2/h6,9-10,18H,1,7-8,11H2,2-5H3. The van der Waals surface area contributed by atoms with Crippen molar-refractivity contribution in [1.29, 1.82) is 0 Å². The van der Waals surface area contributed by atoms with Crippen molar-refractivity contribution in [2.24, 2.45) is 0 Å². The third kappa shape index (κ3) is 4.73. The Labute approximate surface area is 126 Å². The van der Waals surface area contributed by atoms with Crippen LogP contribution in [0.4, 0.5) is 0 Å². The van der Waals surface area contributed by atoms with Gasteiger partial charge < -0.3 is 14.8 Å². The van der Waals surface area contributed by atoms with Crippen LogP contribution in [0.3, 0.4) is 0 Å². The molecule has 20 heavy (non-hydrogen) atoms. The molecule has 1 N–H and O–H groups in total. The van der Waals surface area contributed by atoms with Crippen molar-refractivity contribution in [2.45, 2.75) is 39.3 Å². The van der Waals surface area contributed by atoms with E-state index in [-0.39, 0.29) is 5.54 Å². The van der Waals surface area contributed by atoms with E-state index in [9.17, 15) is 0 Å². The van der Waals surface area contributed by atoms with Gasteiger partial charge in [-0.3, -0.25) is 0 Å². The zero-order valence-corrected chi connectivity index (χ0v) is 13.5. The van der Waals surface area contributed by atoms with E-state index in [1.165, 1.54) is 0 Å². The summed E-state index contributed by atoms with van der Waals surface area (Å²) >= 11 is 6.27. The topological polar surface area (TPSA) is 30.5 Å². The fourth-order valence-corrected chi connectivity index (χ4v) is 1.91. The molecule has 1 aromatic carbocycles. The first-order chi connectivity index (χ1) is 9.43. The molecular formula is C16H24ClNO2. The molecule has 0 aliphatic heterocycles. The molecule has 0 aromatic heterocycles. The lowest BCUT2D eigenvalue weighted by molar-refractivity contribution is 0.325. The first-order valence-electron chi connectivity index (χ1n) is 6.78. The maximum absolute atomic E-state index is 6.27. The molecule has 1 aromatic rings. The highest BCUT2D eigenvalue weighted by Crippen LogP contribution is 2.36. The molecule has 0 atom stereocenters. The van der Waals surface area contributed by atoms with Crippen molar-refractivity contribution >= 4 is 11.6 Å². The lowest BCUT2D eigenvalue weighted by Crippen LogP contribution is -2.37. The van der Waals surface area contributed by atoms with E-state index in [1.54, 1.807) is 13.2 Å². The number of nitrogens with one attached hydrogen (secondary N) is 1. The molecule has 0 unspecified atom stereocenters. The summed E-state index contributed by atoms with van der Waals surface area (Å²) in [4.78, 5) is 0. The number of ether oxygens (including phenoxy) is 2. The van der Waals surface area contributed by atoms with Gasteiger partial charge in [0.1, 0.15) is 6.61 Å². The first-order valence-corrected chi connectivity index (χ1v) is 7.16. The molecule has 0 fully saturated rings. The minimum absolute atomic E-state index is 0.0950. The van der Waals surface area contributed by atoms with Crippen LogP contribution in [0.1, 0.15) is 32.8 Å². The summed E-state index contributed by atoms with van der Waals surface area (Å²) in [7, 11) is 1.61. The Kier molecular flexibility index (Phi) is 6.37. The third-order valence-corrected chi connectivity index (χ3v) is 3.57. The van der Waals surface area contributed by atoms with Gasteiger partial charge in [0.25, 0.3) is 0 Å². The fourth-order valence-electron chi connectivity index (χ4n) is 1.62. The number of hydrogen-bond acceptors (Lipinski definition) is 3. The fraction of sp³-hybridized carbons (Fsp3) is 0.500. The Balaban J connectivity index is 2.90. The Morgan fingerprint density at radius 1 is 1.40 bits per heavy atom. The minimum Gasteiger partial charge on any atom is -0.493 e. The van der Waals surface area contributed by atoms with E-state index in [0.29, 0.717) is 23.1 Å². The smallest absolute Gasteiger partial charge is 0.180 e. The molecule has 0 saturated carbocycles. The summed E-state index contributed by atoms with van der Waals surface area (Å²) in [5, 5.41) is 4.05. The Hall–Kier alpha value is -1.19. The van der Waals surface area contributed by atoms with E-state index >= 15 is 0 Å². The van der Waals surface area contributed by atoms with Crippen LogP contribution in [0.2, 0.25) is 5.02 Å². The van der Waals surface area contributed by atoms with Gasteiger partial charge in [-0.05, 0) is 38.0 Å². The van der Waals surface area contributed by atoms with Crippen molar-refractivity contribution in [2.75, 3.05) is 13.7 Å². The summed E-state index contributed by atoms with van der Waals surface area (Å²) in [5.74, 6) is 1.21. The molecule has 0 aliphatic rings. The van der Waals surface area contributed by atoms with Gasteiger partial charge in [0.2, 0.25) is 0 Å². The first kappa shape index (κ1) is 16.9. The third-order valence-electron chi connectivity index (χ3n) is 3.29. The quantitative estimate of drug-likeness (QED) is 0.730. The number of rotatable bonds is 8. The van der Waals surface area contributed by atoms with Gasteiger partial charge in [0.05, 0.1) is 12.1 Å². The lowest BCUT2D eigenvalue weighted by atomic mass is 10.0. The van der Waals surface area contributed by atoms with Gasteiger partial charge in [-0.1, -0.05) is 31.2 Å². The van der Waals surface area contributed by atoms with Crippen molar-refractivity contribution in [3.8, 4) is 11.5 Å². The normalized spacial score (nSPS) is 11.2. The average molecular weight is 298 g/mol. The van der Waals surface area contributed by atoms with Crippen LogP contribution >= 0.6 is 11.6 Å². The average Bonchev–Trinajstić information content (AvgIpc) is 2.43. The molecular weight excluding hydrogens is 274 g/mol. The van der Waals surface area contributed by atoms with Crippen molar-refractivity contribution in [3.63, 3.8) is 0 Å². The molecule has 0 heterocycles. The molecule has 1 rings (SSSR count). The predicted molar refractivity (Wildman–Crippen MR) is 84.9 cm³/mol. The monoisotopic (exact) mass is 297 g/mol. The Morgan fingerprint density at radius 2 is 2.10 bits per heavy atom. The lowest BCUT2D eigenvalue weighted by Gasteiger charge is -2.25. The van der Waals surface area contributed by atoms with E-state index in [0.717, 1.165) is 18.5 Å². The second kappa shape index (κ2) is 7.55. The summed E-state index contributed by atoms with van der Waals surface area (Å²) in [6, 6.07) is 3.85. The maximum atomic E-state index is 6.27. The summed E-state index contributed by atoms with van der Waals surface area (Å²) in [5.41, 5.74) is 1.16. The molecule has 0 radical (unpaired) electrons.